The highest BCUT2D eigenvalue weighted by Crippen LogP contribution is 2.13. The van der Waals surface area contributed by atoms with Crippen molar-refractivity contribution < 1.29 is 4.74 Å². The van der Waals surface area contributed by atoms with Gasteiger partial charge < -0.3 is 20.3 Å². The van der Waals surface area contributed by atoms with Crippen LogP contribution < -0.4 is 10.6 Å². The number of aryl methyl sites for hydroxylation is 1. The number of methoxy groups -OCH3 is 1. The van der Waals surface area contributed by atoms with Crippen molar-refractivity contribution in [3.63, 3.8) is 0 Å². The number of hydrogen-bond acceptors (Lipinski definition) is 5. The standard InChI is InChI=1S/C18H35N7O.HI/c1-5-24(6-2)12-8-7-11-20-18(19-3)21-15-9-10-17-22-16(14-26-4)23-25(17)13-15;/h15H,5-14H2,1-4H3,(H2,19,20,21);1H. The summed E-state index contributed by atoms with van der Waals surface area (Å²) < 4.78 is 7.11. The van der Waals surface area contributed by atoms with E-state index in [-0.39, 0.29) is 24.0 Å². The molecular formula is C18H36IN7O. The molecule has 1 aliphatic rings. The second-order valence-corrected chi connectivity index (χ2v) is 6.67. The van der Waals surface area contributed by atoms with E-state index in [1.807, 2.05) is 11.7 Å². The van der Waals surface area contributed by atoms with E-state index in [1.165, 1.54) is 13.0 Å². The van der Waals surface area contributed by atoms with Crippen molar-refractivity contribution in [2.45, 2.75) is 58.7 Å². The van der Waals surface area contributed by atoms with Crippen LogP contribution in [-0.4, -0.2) is 72.0 Å². The zero-order valence-electron chi connectivity index (χ0n) is 17.2. The van der Waals surface area contributed by atoms with E-state index in [9.17, 15) is 0 Å². The van der Waals surface area contributed by atoms with Crippen molar-refractivity contribution in [3.8, 4) is 0 Å². The zero-order chi connectivity index (χ0) is 18.8. The van der Waals surface area contributed by atoms with Crippen LogP contribution in [0.25, 0.3) is 0 Å². The van der Waals surface area contributed by atoms with Crippen LogP contribution in [-0.2, 0) is 24.3 Å². The Morgan fingerprint density at radius 2 is 2.11 bits per heavy atom. The lowest BCUT2D eigenvalue weighted by Crippen LogP contribution is -2.47. The second kappa shape index (κ2) is 13.3. The third kappa shape index (κ3) is 7.90. The Morgan fingerprint density at radius 1 is 1.33 bits per heavy atom. The van der Waals surface area contributed by atoms with Gasteiger partial charge in [-0.2, -0.15) is 5.10 Å². The van der Waals surface area contributed by atoms with Crippen LogP contribution in [0, 0.1) is 0 Å². The van der Waals surface area contributed by atoms with E-state index in [4.69, 9.17) is 4.74 Å². The van der Waals surface area contributed by atoms with Crippen LogP contribution in [0.5, 0.6) is 0 Å². The number of guanidine groups is 1. The Bertz CT molecular complexity index is 560. The van der Waals surface area contributed by atoms with Crippen LogP contribution in [0.2, 0.25) is 0 Å². The molecule has 2 rings (SSSR count). The van der Waals surface area contributed by atoms with E-state index < -0.39 is 0 Å². The molecular weight excluding hydrogens is 457 g/mol. The van der Waals surface area contributed by atoms with Crippen LogP contribution in [0.15, 0.2) is 4.99 Å². The summed E-state index contributed by atoms with van der Waals surface area (Å²) >= 11 is 0. The fourth-order valence-corrected chi connectivity index (χ4v) is 3.26. The molecule has 8 nitrogen and oxygen atoms in total. The summed E-state index contributed by atoms with van der Waals surface area (Å²) in [7, 11) is 3.49. The molecule has 0 saturated carbocycles. The van der Waals surface area contributed by atoms with Gasteiger partial charge in [-0.15, -0.1) is 24.0 Å². The predicted octanol–water partition coefficient (Wildman–Crippen LogP) is 1.64. The number of fused-ring (bicyclic) bond motifs is 1. The minimum absolute atomic E-state index is 0. The highest BCUT2D eigenvalue weighted by molar-refractivity contribution is 14.0. The van der Waals surface area contributed by atoms with Crippen molar-refractivity contribution >= 4 is 29.9 Å². The van der Waals surface area contributed by atoms with Gasteiger partial charge in [0.05, 0.1) is 6.54 Å². The van der Waals surface area contributed by atoms with E-state index in [1.54, 1.807) is 7.11 Å². The summed E-state index contributed by atoms with van der Waals surface area (Å²) in [6.07, 6.45) is 4.32. The first kappa shape index (κ1) is 24.1. The molecule has 9 heteroatoms. The monoisotopic (exact) mass is 493 g/mol. The normalized spacial score (nSPS) is 16.8. The maximum Gasteiger partial charge on any atom is 0.191 e. The van der Waals surface area contributed by atoms with E-state index in [2.05, 4.69) is 44.5 Å². The average molecular weight is 493 g/mol. The topological polar surface area (TPSA) is 79.6 Å². The molecule has 1 aliphatic heterocycles. The third-order valence-electron chi connectivity index (χ3n) is 4.83. The van der Waals surface area contributed by atoms with Crippen molar-refractivity contribution in [3.05, 3.63) is 11.6 Å². The highest BCUT2D eigenvalue weighted by atomic mass is 127. The number of halogens is 1. The number of rotatable bonds is 10. The summed E-state index contributed by atoms with van der Waals surface area (Å²) in [5, 5.41) is 11.5. The Morgan fingerprint density at radius 3 is 2.78 bits per heavy atom. The van der Waals surface area contributed by atoms with Gasteiger partial charge in [-0.3, -0.25) is 4.99 Å². The summed E-state index contributed by atoms with van der Waals surface area (Å²) in [6.45, 7) is 10.1. The fraction of sp³-hybridized carbons (Fsp3) is 0.833. The number of ether oxygens (including phenoxy) is 1. The lowest BCUT2D eigenvalue weighted by atomic mass is 10.1. The number of hydrogen-bond donors (Lipinski definition) is 2. The SMILES string of the molecule is CCN(CC)CCCCNC(=NC)NC1CCc2nc(COC)nn2C1.I. The van der Waals surface area contributed by atoms with Gasteiger partial charge in [0.1, 0.15) is 12.4 Å². The van der Waals surface area contributed by atoms with Gasteiger partial charge in [0.25, 0.3) is 0 Å². The van der Waals surface area contributed by atoms with Crippen molar-refractivity contribution in [2.75, 3.05) is 40.3 Å². The Kier molecular flexibility index (Phi) is 11.8. The number of aliphatic imine (C=N–C) groups is 1. The Balaban J connectivity index is 0.00000364. The number of aromatic nitrogens is 3. The van der Waals surface area contributed by atoms with E-state index in [0.29, 0.717) is 12.6 Å². The van der Waals surface area contributed by atoms with Gasteiger partial charge in [-0.05, 0) is 38.9 Å². The molecule has 0 fully saturated rings. The molecule has 0 bridgehead atoms. The number of unbranched alkanes of at least 4 members (excludes halogenated alkanes) is 1. The maximum atomic E-state index is 5.12. The molecule has 156 valence electrons. The van der Waals surface area contributed by atoms with Crippen molar-refractivity contribution in [1.29, 1.82) is 0 Å². The smallest absolute Gasteiger partial charge is 0.191 e. The molecule has 27 heavy (non-hydrogen) atoms. The van der Waals surface area contributed by atoms with Crippen LogP contribution in [0.3, 0.4) is 0 Å². The molecule has 0 amide bonds. The molecule has 0 aromatic carbocycles. The van der Waals surface area contributed by atoms with Gasteiger partial charge in [-0.1, -0.05) is 13.8 Å². The molecule has 0 radical (unpaired) electrons. The maximum absolute atomic E-state index is 5.12. The molecule has 0 saturated heterocycles. The van der Waals surface area contributed by atoms with Crippen molar-refractivity contribution in [1.82, 2.24) is 30.3 Å². The summed E-state index contributed by atoms with van der Waals surface area (Å²) in [4.78, 5) is 11.3. The highest BCUT2D eigenvalue weighted by Gasteiger charge is 2.22. The van der Waals surface area contributed by atoms with Crippen LogP contribution >= 0.6 is 24.0 Å². The van der Waals surface area contributed by atoms with E-state index >= 15 is 0 Å². The Hall–Kier alpha value is -0.940. The third-order valence-corrected chi connectivity index (χ3v) is 4.83. The Labute approximate surface area is 180 Å². The quantitative estimate of drug-likeness (QED) is 0.223. The first-order valence-electron chi connectivity index (χ1n) is 9.81. The van der Waals surface area contributed by atoms with Gasteiger partial charge in [0.2, 0.25) is 0 Å². The van der Waals surface area contributed by atoms with Gasteiger partial charge in [0, 0.05) is 33.2 Å². The predicted molar refractivity (Wildman–Crippen MR) is 120 cm³/mol. The van der Waals surface area contributed by atoms with Crippen LogP contribution in [0.1, 0.15) is 44.8 Å². The minimum Gasteiger partial charge on any atom is -0.377 e. The second-order valence-electron chi connectivity index (χ2n) is 6.67. The lowest BCUT2D eigenvalue weighted by Gasteiger charge is -2.25. The van der Waals surface area contributed by atoms with E-state index in [0.717, 1.165) is 63.0 Å². The molecule has 1 atom stereocenters. The average Bonchev–Trinajstić information content (AvgIpc) is 3.05. The number of nitrogens with one attached hydrogen (secondary N) is 2. The molecule has 1 unspecified atom stereocenters. The molecule has 1 aromatic heterocycles. The summed E-state index contributed by atoms with van der Waals surface area (Å²) in [5.74, 6) is 2.69. The minimum atomic E-state index is 0. The van der Waals surface area contributed by atoms with Gasteiger partial charge >= 0.3 is 0 Å². The molecule has 2 N–H and O–H groups in total. The summed E-state index contributed by atoms with van der Waals surface area (Å²) in [6, 6.07) is 0.321. The molecule has 0 spiro atoms. The zero-order valence-corrected chi connectivity index (χ0v) is 19.5. The largest absolute Gasteiger partial charge is 0.377 e. The molecule has 1 aromatic rings. The summed E-state index contributed by atoms with van der Waals surface area (Å²) in [5.41, 5.74) is 0. The van der Waals surface area contributed by atoms with Crippen LogP contribution in [0.4, 0.5) is 0 Å². The first-order chi connectivity index (χ1) is 12.7. The van der Waals surface area contributed by atoms with Gasteiger partial charge in [0.15, 0.2) is 11.8 Å². The first-order valence-corrected chi connectivity index (χ1v) is 9.81. The van der Waals surface area contributed by atoms with Crippen molar-refractivity contribution in [2.24, 2.45) is 4.99 Å². The van der Waals surface area contributed by atoms with Gasteiger partial charge in [-0.25, -0.2) is 9.67 Å². The molecule has 2 heterocycles. The fourth-order valence-electron chi connectivity index (χ4n) is 3.26. The number of nitrogens with zero attached hydrogens (tertiary/aromatic N) is 5. The lowest BCUT2D eigenvalue weighted by molar-refractivity contribution is 0.177. The molecule has 0 aliphatic carbocycles.